The Hall–Kier alpha value is -4.02. The summed E-state index contributed by atoms with van der Waals surface area (Å²) in [5.74, 6) is 0.493. The third kappa shape index (κ3) is 5.76. The molecule has 0 bridgehead atoms. The van der Waals surface area contributed by atoms with Gasteiger partial charge in [0.25, 0.3) is 5.56 Å². The molecule has 4 aromatic rings. The van der Waals surface area contributed by atoms with E-state index in [4.69, 9.17) is 16.6 Å². The van der Waals surface area contributed by atoms with E-state index in [9.17, 15) is 9.59 Å². The third-order valence-corrected chi connectivity index (χ3v) is 9.27. The van der Waals surface area contributed by atoms with Gasteiger partial charge in [-0.05, 0) is 69.1 Å². The van der Waals surface area contributed by atoms with E-state index in [1.165, 1.54) is 11.3 Å². The van der Waals surface area contributed by atoms with E-state index in [2.05, 4.69) is 57.3 Å². The number of benzene rings is 1. The molecule has 1 amide bonds. The first-order valence-electron chi connectivity index (χ1n) is 15.4. The predicted molar refractivity (Wildman–Crippen MR) is 176 cm³/mol. The topological polar surface area (TPSA) is 99.5 Å². The van der Waals surface area contributed by atoms with E-state index in [1.807, 2.05) is 18.7 Å². The highest BCUT2D eigenvalue weighted by Gasteiger charge is 2.29. The monoisotopic (exact) mass is 614 g/mol. The number of hydrogen-bond acceptors (Lipinski definition) is 8. The van der Waals surface area contributed by atoms with Crippen molar-refractivity contribution < 1.29 is 4.79 Å². The molecule has 0 saturated carbocycles. The van der Waals surface area contributed by atoms with Gasteiger partial charge in [-0.1, -0.05) is 18.5 Å². The second-order valence-corrected chi connectivity index (χ2v) is 12.3. The van der Waals surface area contributed by atoms with E-state index in [0.29, 0.717) is 47.3 Å². The normalized spacial score (nSPS) is 17.7. The highest BCUT2D eigenvalue weighted by atomic mass is 35.5. The lowest BCUT2D eigenvalue weighted by Gasteiger charge is -2.35. The van der Waals surface area contributed by atoms with Crippen molar-refractivity contribution in [1.29, 1.82) is 0 Å². The number of fused-ring (bicyclic) bond motifs is 1. The lowest BCUT2D eigenvalue weighted by Crippen LogP contribution is -2.44. The lowest BCUT2D eigenvalue weighted by molar-refractivity contribution is -0.132. The Bertz CT molecular complexity index is 1770. The fraction of sp³-hybridized carbons (Fsp3) is 0.424. The Morgan fingerprint density at radius 2 is 1.89 bits per heavy atom. The summed E-state index contributed by atoms with van der Waals surface area (Å²) in [6, 6.07) is 7.85. The van der Waals surface area contributed by atoms with Crippen LogP contribution in [0, 0.1) is 13.8 Å². The van der Waals surface area contributed by atoms with Gasteiger partial charge in [-0.15, -0.1) is 0 Å². The number of aromatic nitrogens is 4. The van der Waals surface area contributed by atoms with Crippen LogP contribution in [0.1, 0.15) is 43.4 Å². The Morgan fingerprint density at radius 1 is 1.09 bits per heavy atom. The number of carbonyl (C=O) groups is 1. The standard InChI is InChI=1S/C33H39ClN8O2/c1-5-29(43)41-12-6-7-24(20-41)42-31-26(22(3)30(32(42)44)25-10-11-35-19-27(25)34)18-36-33(38-31)37-23-8-9-28(21(2)17-23)40-15-13-39(4)14-16-40/h8-11,17-19,24H,5-7,12-16,20H2,1-4H3,(H,36,37,38)/t24-/m0/s1. The molecule has 0 spiro atoms. The smallest absolute Gasteiger partial charge is 0.260 e. The average Bonchev–Trinajstić information content (AvgIpc) is 3.02. The second-order valence-electron chi connectivity index (χ2n) is 11.9. The Balaban J connectivity index is 1.42. The van der Waals surface area contributed by atoms with Gasteiger partial charge >= 0.3 is 0 Å². The third-order valence-electron chi connectivity index (χ3n) is 8.96. The summed E-state index contributed by atoms with van der Waals surface area (Å²) in [5.41, 5.74) is 5.52. The van der Waals surface area contributed by atoms with Crippen molar-refractivity contribution in [3.63, 3.8) is 0 Å². The van der Waals surface area contributed by atoms with Crippen molar-refractivity contribution in [3.05, 3.63) is 69.4 Å². The molecule has 1 atom stereocenters. The summed E-state index contributed by atoms with van der Waals surface area (Å²) in [6.45, 7) is 11.1. The number of likely N-dealkylation sites (N-methyl/N-ethyl adjacent to an activating group) is 1. The number of halogens is 1. The molecule has 2 saturated heterocycles. The fourth-order valence-corrected chi connectivity index (χ4v) is 6.72. The fourth-order valence-electron chi connectivity index (χ4n) is 6.51. The lowest BCUT2D eigenvalue weighted by atomic mass is 9.98. The zero-order valence-corrected chi connectivity index (χ0v) is 26.6. The number of nitrogens with one attached hydrogen (secondary N) is 1. The second kappa shape index (κ2) is 12.5. The molecule has 2 aliphatic heterocycles. The molecule has 11 heteroatoms. The van der Waals surface area contributed by atoms with Crippen LogP contribution in [-0.2, 0) is 4.79 Å². The summed E-state index contributed by atoms with van der Waals surface area (Å²) < 4.78 is 1.76. The Labute approximate surface area is 262 Å². The predicted octanol–water partition coefficient (Wildman–Crippen LogP) is 5.19. The van der Waals surface area contributed by atoms with Crippen molar-refractivity contribution in [2.24, 2.45) is 0 Å². The van der Waals surface area contributed by atoms with E-state index in [0.717, 1.165) is 55.7 Å². The molecule has 1 aromatic carbocycles. The molecule has 0 unspecified atom stereocenters. The van der Waals surface area contributed by atoms with Crippen molar-refractivity contribution in [2.45, 2.75) is 46.1 Å². The number of piperidine rings is 1. The van der Waals surface area contributed by atoms with Gasteiger partial charge in [0.05, 0.1) is 16.6 Å². The number of likely N-dealkylation sites (tertiary alicyclic amines) is 1. The van der Waals surface area contributed by atoms with Gasteiger partial charge in [-0.2, -0.15) is 4.98 Å². The van der Waals surface area contributed by atoms with Crippen LogP contribution in [-0.4, -0.2) is 81.5 Å². The summed E-state index contributed by atoms with van der Waals surface area (Å²) in [4.78, 5) is 47.5. The number of carbonyl (C=O) groups excluding carboxylic acids is 1. The quantitative estimate of drug-likeness (QED) is 0.317. The number of rotatable bonds is 6. The molecule has 2 aliphatic rings. The molecule has 0 radical (unpaired) electrons. The van der Waals surface area contributed by atoms with Gasteiger partial charge in [0.15, 0.2) is 0 Å². The van der Waals surface area contributed by atoms with Crippen molar-refractivity contribution in [2.75, 3.05) is 56.5 Å². The molecule has 6 rings (SSSR count). The average molecular weight is 615 g/mol. The maximum atomic E-state index is 14.4. The molecule has 5 heterocycles. The minimum Gasteiger partial charge on any atom is -0.369 e. The number of pyridine rings is 2. The first-order valence-corrected chi connectivity index (χ1v) is 15.7. The summed E-state index contributed by atoms with van der Waals surface area (Å²) in [5, 5.41) is 4.54. The number of amides is 1. The summed E-state index contributed by atoms with van der Waals surface area (Å²) >= 11 is 6.56. The zero-order chi connectivity index (χ0) is 31.0. The summed E-state index contributed by atoms with van der Waals surface area (Å²) in [6.07, 6.45) is 6.95. The Kier molecular flexibility index (Phi) is 8.55. The van der Waals surface area contributed by atoms with Gasteiger partial charge < -0.3 is 20.0 Å². The zero-order valence-electron chi connectivity index (χ0n) is 25.8. The number of aryl methyl sites for hydroxylation is 2. The van der Waals surface area contributed by atoms with Gasteiger partial charge in [-0.25, -0.2) is 4.98 Å². The number of anilines is 3. The maximum Gasteiger partial charge on any atom is 0.260 e. The highest BCUT2D eigenvalue weighted by molar-refractivity contribution is 6.33. The van der Waals surface area contributed by atoms with Crippen molar-refractivity contribution >= 4 is 45.9 Å². The molecular formula is C33H39ClN8O2. The van der Waals surface area contributed by atoms with Gasteiger partial charge in [-0.3, -0.25) is 19.1 Å². The largest absolute Gasteiger partial charge is 0.369 e. The van der Waals surface area contributed by atoms with Crippen LogP contribution in [0.2, 0.25) is 5.02 Å². The van der Waals surface area contributed by atoms with Crippen molar-refractivity contribution in [1.82, 2.24) is 29.3 Å². The van der Waals surface area contributed by atoms with Crippen LogP contribution in [0.5, 0.6) is 0 Å². The van der Waals surface area contributed by atoms with Crippen LogP contribution in [0.4, 0.5) is 17.3 Å². The molecule has 10 nitrogen and oxygen atoms in total. The minimum atomic E-state index is -0.234. The number of hydrogen-bond donors (Lipinski definition) is 1. The molecular weight excluding hydrogens is 576 g/mol. The Morgan fingerprint density at radius 3 is 2.61 bits per heavy atom. The molecule has 0 aliphatic carbocycles. The highest BCUT2D eigenvalue weighted by Crippen LogP contribution is 2.34. The van der Waals surface area contributed by atoms with E-state index < -0.39 is 0 Å². The first kappa shape index (κ1) is 30.0. The van der Waals surface area contributed by atoms with E-state index >= 15 is 0 Å². The van der Waals surface area contributed by atoms with E-state index in [-0.39, 0.29) is 17.5 Å². The molecule has 2 fully saturated rings. The van der Waals surface area contributed by atoms with Crippen LogP contribution >= 0.6 is 11.6 Å². The molecule has 44 heavy (non-hydrogen) atoms. The maximum absolute atomic E-state index is 14.4. The molecule has 3 aromatic heterocycles. The van der Waals surface area contributed by atoms with Crippen LogP contribution in [0.15, 0.2) is 47.7 Å². The number of piperazine rings is 1. The van der Waals surface area contributed by atoms with Crippen LogP contribution in [0.3, 0.4) is 0 Å². The van der Waals surface area contributed by atoms with E-state index in [1.54, 1.807) is 29.2 Å². The van der Waals surface area contributed by atoms with Gasteiger partial charge in [0.1, 0.15) is 5.65 Å². The SMILES string of the molecule is CCC(=O)N1CCC[C@H](n2c(=O)c(-c3ccncc3Cl)c(C)c3cnc(Nc4ccc(N5CCN(C)CC5)c(C)c4)nc32)C1. The van der Waals surface area contributed by atoms with Crippen molar-refractivity contribution in [3.8, 4) is 11.1 Å². The molecule has 1 N–H and O–H groups in total. The van der Waals surface area contributed by atoms with Crippen LogP contribution in [0.25, 0.3) is 22.2 Å². The van der Waals surface area contributed by atoms with Crippen LogP contribution < -0.4 is 15.8 Å². The first-order chi connectivity index (χ1) is 21.2. The van der Waals surface area contributed by atoms with Gasteiger partial charge in [0, 0.05) is 86.6 Å². The van der Waals surface area contributed by atoms with Gasteiger partial charge in [0.2, 0.25) is 11.9 Å². The summed E-state index contributed by atoms with van der Waals surface area (Å²) in [7, 11) is 2.16. The molecule has 230 valence electrons. The number of nitrogens with zero attached hydrogens (tertiary/aromatic N) is 7. The minimum absolute atomic E-state index is 0.0870.